The number of sulfonamides is 1. The van der Waals surface area contributed by atoms with Crippen LogP contribution in [-0.4, -0.2) is 13.4 Å². The monoisotopic (exact) mass is 458 g/mol. The lowest BCUT2D eigenvalue weighted by Gasteiger charge is -2.09. The predicted molar refractivity (Wildman–Crippen MR) is 103 cm³/mol. The minimum atomic E-state index is -4.01. The van der Waals surface area contributed by atoms with Gasteiger partial charge in [0.15, 0.2) is 5.13 Å². The molecule has 0 atom stereocenters. The summed E-state index contributed by atoms with van der Waals surface area (Å²) < 4.78 is 27.4. The number of benzene rings is 1. The first-order valence-electron chi connectivity index (χ1n) is 6.14. The first kappa shape index (κ1) is 18.3. The molecule has 3 rings (SSSR count). The highest BCUT2D eigenvalue weighted by Crippen LogP contribution is 2.37. The van der Waals surface area contributed by atoms with Gasteiger partial charge in [-0.05, 0) is 23.6 Å². The van der Waals surface area contributed by atoms with E-state index in [1.54, 1.807) is 11.4 Å². The van der Waals surface area contributed by atoms with E-state index in [2.05, 4.69) is 9.71 Å². The SMILES string of the molecule is O=S(=O)(Nc1nc(-c2sccc2Cl)cs1)c1c(Cl)cc(Cl)cc1Cl. The highest BCUT2D eigenvalue weighted by atomic mass is 35.5. The summed E-state index contributed by atoms with van der Waals surface area (Å²) in [5.41, 5.74) is 0.589. The van der Waals surface area contributed by atoms with Crippen molar-refractivity contribution < 1.29 is 8.42 Å². The first-order chi connectivity index (χ1) is 11.3. The molecule has 1 N–H and O–H groups in total. The Morgan fingerprint density at radius 2 is 1.67 bits per heavy atom. The second kappa shape index (κ2) is 6.99. The molecule has 0 aliphatic heterocycles. The lowest BCUT2D eigenvalue weighted by molar-refractivity contribution is 0.601. The Bertz CT molecular complexity index is 991. The Labute approximate surface area is 166 Å². The molecule has 0 bridgehead atoms. The molecule has 0 radical (unpaired) electrons. The molecule has 2 heterocycles. The molecule has 0 aliphatic carbocycles. The van der Waals surface area contributed by atoms with Crippen LogP contribution in [0.15, 0.2) is 33.9 Å². The zero-order valence-electron chi connectivity index (χ0n) is 11.4. The normalized spacial score (nSPS) is 11.7. The van der Waals surface area contributed by atoms with Crippen LogP contribution in [0.3, 0.4) is 0 Å². The number of hydrogen-bond donors (Lipinski definition) is 1. The van der Waals surface area contributed by atoms with Gasteiger partial charge in [-0.15, -0.1) is 22.7 Å². The lowest BCUT2D eigenvalue weighted by Crippen LogP contribution is -2.14. The highest BCUT2D eigenvalue weighted by Gasteiger charge is 2.24. The molecule has 0 saturated carbocycles. The van der Waals surface area contributed by atoms with Crippen molar-refractivity contribution in [3.8, 4) is 10.6 Å². The Balaban J connectivity index is 1.94. The van der Waals surface area contributed by atoms with Crippen molar-refractivity contribution in [3.63, 3.8) is 0 Å². The van der Waals surface area contributed by atoms with Crippen molar-refractivity contribution in [2.75, 3.05) is 4.72 Å². The number of hydrogen-bond acceptors (Lipinski definition) is 5. The summed E-state index contributed by atoms with van der Waals surface area (Å²) in [6.07, 6.45) is 0. The highest BCUT2D eigenvalue weighted by molar-refractivity contribution is 7.93. The van der Waals surface area contributed by atoms with Gasteiger partial charge in [-0.2, -0.15) is 0 Å². The van der Waals surface area contributed by atoms with E-state index >= 15 is 0 Å². The molecule has 2 aromatic heterocycles. The number of halogens is 4. The smallest absolute Gasteiger partial charge is 0.255 e. The maximum Gasteiger partial charge on any atom is 0.266 e. The molecule has 4 nitrogen and oxygen atoms in total. The van der Waals surface area contributed by atoms with Gasteiger partial charge in [0, 0.05) is 10.4 Å². The van der Waals surface area contributed by atoms with E-state index in [0.717, 1.165) is 16.2 Å². The molecule has 0 amide bonds. The number of thiophene rings is 1. The third-order valence-electron chi connectivity index (χ3n) is 2.81. The number of rotatable bonds is 4. The van der Waals surface area contributed by atoms with Crippen molar-refractivity contribution >= 4 is 84.2 Å². The molecular weight excluding hydrogens is 454 g/mol. The second-order valence-corrected chi connectivity index (χ2v) is 9.49. The Morgan fingerprint density at radius 3 is 2.25 bits per heavy atom. The second-order valence-electron chi connectivity index (χ2n) is 4.44. The van der Waals surface area contributed by atoms with Crippen molar-refractivity contribution in [2.45, 2.75) is 4.90 Å². The van der Waals surface area contributed by atoms with Crippen molar-refractivity contribution in [2.24, 2.45) is 0 Å². The molecule has 0 saturated heterocycles. The molecule has 0 aliphatic rings. The van der Waals surface area contributed by atoms with Crippen molar-refractivity contribution in [3.05, 3.63) is 49.0 Å². The van der Waals surface area contributed by atoms with Gasteiger partial charge in [0.05, 0.1) is 25.6 Å². The summed E-state index contributed by atoms with van der Waals surface area (Å²) in [4.78, 5) is 4.76. The summed E-state index contributed by atoms with van der Waals surface area (Å²) in [6, 6.07) is 4.36. The number of thiazole rings is 1. The molecule has 24 heavy (non-hydrogen) atoms. The van der Waals surface area contributed by atoms with Crippen LogP contribution in [0.2, 0.25) is 20.1 Å². The molecule has 1 aromatic carbocycles. The minimum Gasteiger partial charge on any atom is -0.255 e. The standard InChI is InChI=1S/C13H6Cl4N2O2S3/c14-6-3-8(16)12(9(17)4-6)24(20,21)19-13-18-10(5-23-13)11-7(15)1-2-22-11/h1-5H,(H,18,19). The van der Waals surface area contributed by atoms with Gasteiger partial charge in [-0.3, -0.25) is 4.72 Å². The van der Waals surface area contributed by atoms with Gasteiger partial charge in [0.25, 0.3) is 10.0 Å². The van der Waals surface area contributed by atoms with E-state index in [-0.39, 0.29) is 25.1 Å². The van der Waals surface area contributed by atoms with Gasteiger partial charge >= 0.3 is 0 Å². The van der Waals surface area contributed by atoms with Gasteiger partial charge in [0.2, 0.25) is 0 Å². The average Bonchev–Trinajstić information content (AvgIpc) is 3.05. The van der Waals surface area contributed by atoms with Crippen LogP contribution >= 0.6 is 69.1 Å². The van der Waals surface area contributed by atoms with E-state index in [9.17, 15) is 8.42 Å². The van der Waals surface area contributed by atoms with Crippen LogP contribution in [-0.2, 0) is 10.0 Å². The molecule has 0 spiro atoms. The van der Waals surface area contributed by atoms with Gasteiger partial charge in [0.1, 0.15) is 4.90 Å². The number of aromatic nitrogens is 1. The zero-order valence-corrected chi connectivity index (χ0v) is 16.9. The van der Waals surface area contributed by atoms with Gasteiger partial charge < -0.3 is 0 Å². The van der Waals surface area contributed by atoms with Crippen molar-refractivity contribution in [1.29, 1.82) is 0 Å². The third-order valence-corrected chi connectivity index (χ3v) is 7.54. The van der Waals surface area contributed by atoms with E-state index in [1.165, 1.54) is 23.5 Å². The van der Waals surface area contributed by atoms with Crippen LogP contribution < -0.4 is 4.72 Å². The topological polar surface area (TPSA) is 59.1 Å². The maximum absolute atomic E-state index is 12.5. The third kappa shape index (κ3) is 3.67. The lowest BCUT2D eigenvalue weighted by atomic mass is 10.4. The van der Waals surface area contributed by atoms with Gasteiger partial charge in [-0.1, -0.05) is 46.4 Å². The number of nitrogens with zero attached hydrogens (tertiary/aromatic N) is 1. The van der Waals surface area contributed by atoms with E-state index in [0.29, 0.717) is 10.7 Å². The van der Waals surface area contributed by atoms with Crippen LogP contribution in [0.5, 0.6) is 0 Å². The summed E-state index contributed by atoms with van der Waals surface area (Å²) in [5.74, 6) is 0. The molecule has 0 fully saturated rings. The quantitative estimate of drug-likeness (QED) is 0.498. The summed E-state index contributed by atoms with van der Waals surface area (Å²) in [5, 5.41) is 4.37. The minimum absolute atomic E-state index is 0.0712. The van der Waals surface area contributed by atoms with E-state index < -0.39 is 10.0 Å². The summed E-state index contributed by atoms with van der Waals surface area (Å²) >= 11 is 26.3. The summed E-state index contributed by atoms with van der Waals surface area (Å²) in [7, 11) is -4.01. The number of nitrogens with one attached hydrogen (secondary N) is 1. The molecule has 0 unspecified atom stereocenters. The van der Waals surface area contributed by atoms with E-state index in [4.69, 9.17) is 46.4 Å². The molecular formula is C13H6Cl4N2O2S3. The fourth-order valence-corrected chi connectivity index (χ4v) is 6.54. The maximum atomic E-state index is 12.5. The number of anilines is 1. The fraction of sp³-hybridized carbons (Fsp3) is 0. The molecule has 3 aromatic rings. The van der Waals surface area contributed by atoms with Crippen LogP contribution in [0.25, 0.3) is 10.6 Å². The zero-order chi connectivity index (χ0) is 17.5. The largest absolute Gasteiger partial charge is 0.266 e. The van der Waals surface area contributed by atoms with Gasteiger partial charge in [-0.25, -0.2) is 13.4 Å². The van der Waals surface area contributed by atoms with E-state index in [1.807, 2.05) is 5.38 Å². The Kier molecular flexibility index (Phi) is 5.32. The Hall–Kier alpha value is -0.540. The van der Waals surface area contributed by atoms with Crippen LogP contribution in [0.4, 0.5) is 5.13 Å². The molecule has 11 heteroatoms. The predicted octanol–water partition coefficient (Wildman–Crippen LogP) is 6.29. The van der Waals surface area contributed by atoms with Crippen molar-refractivity contribution in [1.82, 2.24) is 4.98 Å². The first-order valence-corrected chi connectivity index (χ1v) is 10.9. The van der Waals surface area contributed by atoms with Crippen LogP contribution in [0, 0.1) is 0 Å². The summed E-state index contributed by atoms with van der Waals surface area (Å²) in [6.45, 7) is 0. The Morgan fingerprint density at radius 1 is 1.00 bits per heavy atom. The van der Waals surface area contributed by atoms with Crippen LogP contribution in [0.1, 0.15) is 0 Å². The fourth-order valence-electron chi connectivity index (χ4n) is 1.85. The molecule has 126 valence electrons. The average molecular weight is 460 g/mol.